The first-order chi connectivity index (χ1) is 9.01. The van der Waals surface area contributed by atoms with E-state index < -0.39 is 5.91 Å². The molecule has 0 radical (unpaired) electrons. The molecule has 6 nitrogen and oxygen atoms in total. The van der Waals surface area contributed by atoms with E-state index in [4.69, 9.17) is 10.3 Å². The van der Waals surface area contributed by atoms with Crippen LogP contribution in [0.2, 0.25) is 0 Å². The van der Waals surface area contributed by atoms with Gasteiger partial charge in [0.25, 0.3) is 0 Å². The maximum Gasteiger partial charge on any atom is 0.300 e. The fourth-order valence-electron chi connectivity index (χ4n) is 2.50. The van der Waals surface area contributed by atoms with Crippen LogP contribution in [0.4, 0.5) is 0 Å². The standard InChI is InChI=1S/C13H21N3O3/c1-8(17)10-3-4-16(6-10)7-11-5-12(13(18)15-14)19-9(11)2/h5,8,10,17H,3-4,6-7,14H2,1-2H3,(H,15,18). The predicted octanol–water partition coefficient (Wildman–Crippen LogP) is 0.394. The van der Waals surface area contributed by atoms with Crippen LogP contribution in [-0.4, -0.2) is 35.1 Å². The summed E-state index contributed by atoms with van der Waals surface area (Å²) >= 11 is 0. The minimum atomic E-state index is -0.419. The number of furan rings is 1. The molecule has 19 heavy (non-hydrogen) atoms. The van der Waals surface area contributed by atoms with Crippen LogP contribution in [0, 0.1) is 12.8 Å². The Morgan fingerprint density at radius 2 is 2.47 bits per heavy atom. The molecule has 0 aliphatic carbocycles. The molecule has 2 atom stereocenters. The van der Waals surface area contributed by atoms with Crippen LogP contribution in [-0.2, 0) is 6.54 Å². The number of hydrazine groups is 1. The van der Waals surface area contributed by atoms with E-state index in [1.807, 2.05) is 13.8 Å². The lowest BCUT2D eigenvalue weighted by Gasteiger charge is -2.16. The number of nitrogens with two attached hydrogens (primary N) is 1. The van der Waals surface area contributed by atoms with Gasteiger partial charge in [-0.15, -0.1) is 0 Å². The second-order valence-electron chi connectivity index (χ2n) is 5.19. The number of carbonyl (C=O) groups is 1. The minimum Gasteiger partial charge on any atom is -0.456 e. The summed E-state index contributed by atoms with van der Waals surface area (Å²) in [5, 5.41) is 9.59. The Morgan fingerprint density at radius 1 is 1.74 bits per heavy atom. The third-order valence-electron chi connectivity index (χ3n) is 3.76. The first-order valence-corrected chi connectivity index (χ1v) is 6.52. The van der Waals surface area contributed by atoms with Gasteiger partial charge >= 0.3 is 5.91 Å². The summed E-state index contributed by atoms with van der Waals surface area (Å²) < 4.78 is 5.38. The summed E-state index contributed by atoms with van der Waals surface area (Å²) in [6.45, 7) is 6.24. The number of aliphatic hydroxyl groups is 1. The Labute approximate surface area is 112 Å². The summed E-state index contributed by atoms with van der Waals surface area (Å²) in [5.74, 6) is 5.97. The molecular formula is C13H21N3O3. The first kappa shape index (κ1) is 14.0. The van der Waals surface area contributed by atoms with Crippen LogP contribution in [0.15, 0.2) is 10.5 Å². The van der Waals surface area contributed by atoms with Crippen LogP contribution >= 0.6 is 0 Å². The van der Waals surface area contributed by atoms with E-state index in [9.17, 15) is 9.90 Å². The fraction of sp³-hybridized carbons (Fsp3) is 0.615. The monoisotopic (exact) mass is 267 g/mol. The van der Waals surface area contributed by atoms with Crippen molar-refractivity contribution in [2.75, 3.05) is 13.1 Å². The predicted molar refractivity (Wildman–Crippen MR) is 70.2 cm³/mol. The lowest BCUT2D eigenvalue weighted by Crippen LogP contribution is -2.29. The van der Waals surface area contributed by atoms with Crippen LogP contribution in [0.25, 0.3) is 0 Å². The van der Waals surface area contributed by atoms with E-state index in [-0.39, 0.29) is 11.9 Å². The smallest absolute Gasteiger partial charge is 0.300 e. The van der Waals surface area contributed by atoms with Crippen molar-refractivity contribution in [2.45, 2.75) is 32.9 Å². The molecule has 0 saturated carbocycles. The van der Waals surface area contributed by atoms with Gasteiger partial charge in [0.15, 0.2) is 5.76 Å². The number of aryl methyl sites for hydroxylation is 1. The van der Waals surface area contributed by atoms with Gasteiger partial charge < -0.3 is 9.52 Å². The number of likely N-dealkylation sites (tertiary alicyclic amines) is 1. The van der Waals surface area contributed by atoms with Gasteiger partial charge in [-0.1, -0.05) is 0 Å². The average Bonchev–Trinajstić information content (AvgIpc) is 2.97. The van der Waals surface area contributed by atoms with Crippen molar-refractivity contribution in [1.82, 2.24) is 10.3 Å². The van der Waals surface area contributed by atoms with Crippen LogP contribution in [0.1, 0.15) is 35.2 Å². The molecule has 106 valence electrons. The maximum absolute atomic E-state index is 11.4. The zero-order valence-electron chi connectivity index (χ0n) is 11.3. The summed E-state index contributed by atoms with van der Waals surface area (Å²) in [6.07, 6.45) is 0.735. The lowest BCUT2D eigenvalue weighted by atomic mass is 10.0. The van der Waals surface area contributed by atoms with Crippen molar-refractivity contribution >= 4 is 5.91 Å². The largest absolute Gasteiger partial charge is 0.456 e. The molecule has 0 bridgehead atoms. The zero-order chi connectivity index (χ0) is 14.0. The van der Waals surface area contributed by atoms with Crippen molar-refractivity contribution in [1.29, 1.82) is 0 Å². The van der Waals surface area contributed by atoms with Gasteiger partial charge in [-0.3, -0.25) is 15.1 Å². The molecule has 1 aliphatic heterocycles. The maximum atomic E-state index is 11.4. The van der Waals surface area contributed by atoms with E-state index in [0.29, 0.717) is 5.92 Å². The van der Waals surface area contributed by atoms with Crippen molar-refractivity contribution < 1.29 is 14.3 Å². The number of rotatable bonds is 4. The molecule has 2 unspecified atom stereocenters. The molecule has 2 rings (SSSR count). The summed E-state index contributed by atoms with van der Waals surface area (Å²) in [6, 6.07) is 1.73. The quantitative estimate of drug-likeness (QED) is 0.417. The highest BCUT2D eigenvalue weighted by atomic mass is 16.4. The second-order valence-corrected chi connectivity index (χ2v) is 5.19. The van der Waals surface area contributed by atoms with Crippen molar-refractivity contribution in [3.63, 3.8) is 0 Å². The zero-order valence-corrected chi connectivity index (χ0v) is 11.3. The fourth-order valence-corrected chi connectivity index (χ4v) is 2.50. The number of nitrogens with one attached hydrogen (secondary N) is 1. The number of nitrogens with zero attached hydrogens (tertiary/aromatic N) is 1. The molecular weight excluding hydrogens is 246 g/mol. The molecule has 1 aliphatic rings. The molecule has 0 spiro atoms. The van der Waals surface area contributed by atoms with Crippen molar-refractivity contribution in [2.24, 2.45) is 11.8 Å². The van der Waals surface area contributed by atoms with Gasteiger partial charge in [-0.25, -0.2) is 5.84 Å². The SMILES string of the molecule is Cc1oc(C(=O)NN)cc1CN1CCC(C(C)O)C1. The molecule has 1 fully saturated rings. The second kappa shape index (κ2) is 5.73. The number of amides is 1. The third kappa shape index (κ3) is 3.15. The number of aliphatic hydroxyl groups excluding tert-OH is 1. The molecule has 2 heterocycles. The van der Waals surface area contributed by atoms with E-state index >= 15 is 0 Å². The third-order valence-corrected chi connectivity index (χ3v) is 3.76. The molecule has 0 aromatic carbocycles. The Morgan fingerprint density at radius 3 is 3.05 bits per heavy atom. The van der Waals surface area contributed by atoms with Gasteiger partial charge in [0.2, 0.25) is 0 Å². The Hall–Kier alpha value is -1.37. The summed E-state index contributed by atoms with van der Waals surface area (Å²) in [7, 11) is 0. The molecule has 1 aromatic rings. The van der Waals surface area contributed by atoms with Gasteiger partial charge in [-0.2, -0.15) is 0 Å². The lowest BCUT2D eigenvalue weighted by molar-refractivity contribution is 0.0924. The number of carbonyl (C=O) groups excluding carboxylic acids is 1. The highest BCUT2D eigenvalue weighted by Crippen LogP contribution is 2.23. The van der Waals surface area contributed by atoms with Crippen LogP contribution in [0.5, 0.6) is 0 Å². The van der Waals surface area contributed by atoms with E-state index in [0.717, 1.165) is 37.4 Å². The molecule has 1 saturated heterocycles. The van der Waals surface area contributed by atoms with Gasteiger partial charge in [-0.05, 0) is 38.8 Å². The van der Waals surface area contributed by atoms with Crippen molar-refractivity contribution in [3.05, 3.63) is 23.2 Å². The molecule has 6 heteroatoms. The molecule has 1 aromatic heterocycles. The van der Waals surface area contributed by atoms with E-state index in [1.165, 1.54) is 0 Å². The van der Waals surface area contributed by atoms with E-state index in [1.54, 1.807) is 6.07 Å². The number of hydrogen-bond donors (Lipinski definition) is 3. The Balaban J connectivity index is 2.00. The Kier molecular flexibility index (Phi) is 4.24. The minimum absolute atomic E-state index is 0.237. The number of nitrogen functional groups attached to an aromatic ring is 1. The van der Waals surface area contributed by atoms with Crippen LogP contribution < -0.4 is 11.3 Å². The van der Waals surface area contributed by atoms with Gasteiger partial charge in [0.1, 0.15) is 5.76 Å². The average molecular weight is 267 g/mol. The highest BCUT2D eigenvalue weighted by Gasteiger charge is 2.26. The topological polar surface area (TPSA) is 91.7 Å². The van der Waals surface area contributed by atoms with Gasteiger partial charge in [0.05, 0.1) is 6.10 Å². The number of hydrogen-bond acceptors (Lipinski definition) is 5. The van der Waals surface area contributed by atoms with Crippen LogP contribution in [0.3, 0.4) is 0 Å². The Bertz CT molecular complexity index is 456. The van der Waals surface area contributed by atoms with Gasteiger partial charge in [0, 0.05) is 18.7 Å². The first-order valence-electron chi connectivity index (χ1n) is 6.52. The summed E-state index contributed by atoms with van der Waals surface area (Å²) in [4.78, 5) is 13.6. The summed E-state index contributed by atoms with van der Waals surface area (Å²) in [5.41, 5.74) is 3.05. The van der Waals surface area contributed by atoms with Crippen molar-refractivity contribution in [3.8, 4) is 0 Å². The molecule has 4 N–H and O–H groups in total. The highest BCUT2D eigenvalue weighted by molar-refractivity contribution is 5.91. The van der Waals surface area contributed by atoms with E-state index in [2.05, 4.69) is 10.3 Å². The molecule has 1 amide bonds. The normalized spacial score (nSPS) is 21.6.